The molecule has 0 aliphatic rings. The highest BCUT2D eigenvalue weighted by atomic mass is 35.5. The van der Waals surface area contributed by atoms with E-state index in [0.29, 0.717) is 21.9 Å². The minimum Gasteiger partial charge on any atom is -0.497 e. The summed E-state index contributed by atoms with van der Waals surface area (Å²) in [4.78, 5) is 0. The van der Waals surface area contributed by atoms with Gasteiger partial charge in [0.15, 0.2) is 0 Å². The van der Waals surface area contributed by atoms with Crippen LogP contribution in [0.3, 0.4) is 0 Å². The predicted molar refractivity (Wildman–Crippen MR) is 75.1 cm³/mol. The number of alkyl halides is 2. The van der Waals surface area contributed by atoms with E-state index in [9.17, 15) is 13.9 Å². The molecule has 6 heteroatoms. The van der Waals surface area contributed by atoms with E-state index < -0.39 is 12.7 Å². The van der Waals surface area contributed by atoms with Crippen LogP contribution in [0.25, 0.3) is 0 Å². The summed E-state index contributed by atoms with van der Waals surface area (Å²) < 4.78 is 33.4. The monoisotopic (exact) mass is 314 g/mol. The van der Waals surface area contributed by atoms with Crippen LogP contribution in [0.2, 0.25) is 5.02 Å². The molecule has 21 heavy (non-hydrogen) atoms. The number of rotatable bonds is 5. The standard InChI is InChI=1S/C15H13ClF2O3/c1-20-11-6-7-12(13(16)8-11)14(19)9-2-4-10(5-3-9)21-15(17)18/h2-8,14-15,19H,1H3. The first kappa shape index (κ1) is 15.5. The first-order valence-corrected chi connectivity index (χ1v) is 6.45. The average molecular weight is 315 g/mol. The van der Waals surface area contributed by atoms with Crippen LogP contribution in [-0.2, 0) is 0 Å². The van der Waals surface area contributed by atoms with Gasteiger partial charge in [0.25, 0.3) is 0 Å². The lowest BCUT2D eigenvalue weighted by Crippen LogP contribution is -2.03. The Bertz CT molecular complexity index is 602. The van der Waals surface area contributed by atoms with Gasteiger partial charge in [0.05, 0.1) is 12.1 Å². The molecule has 2 aromatic rings. The number of hydrogen-bond acceptors (Lipinski definition) is 3. The van der Waals surface area contributed by atoms with E-state index in [2.05, 4.69) is 4.74 Å². The smallest absolute Gasteiger partial charge is 0.387 e. The van der Waals surface area contributed by atoms with E-state index in [1.807, 2.05) is 0 Å². The first-order valence-electron chi connectivity index (χ1n) is 6.07. The Morgan fingerprint density at radius 2 is 1.67 bits per heavy atom. The molecule has 0 aromatic heterocycles. The van der Waals surface area contributed by atoms with Crippen LogP contribution in [0.4, 0.5) is 8.78 Å². The Morgan fingerprint density at radius 3 is 2.19 bits per heavy atom. The lowest BCUT2D eigenvalue weighted by atomic mass is 10.0. The summed E-state index contributed by atoms with van der Waals surface area (Å²) in [6.07, 6.45) is -0.969. The number of aliphatic hydroxyl groups is 1. The lowest BCUT2D eigenvalue weighted by Gasteiger charge is -2.14. The molecule has 0 fully saturated rings. The lowest BCUT2D eigenvalue weighted by molar-refractivity contribution is -0.0498. The van der Waals surface area contributed by atoms with Gasteiger partial charge in [-0.2, -0.15) is 8.78 Å². The molecule has 1 N–H and O–H groups in total. The predicted octanol–water partition coefficient (Wildman–Crippen LogP) is 4.03. The van der Waals surface area contributed by atoms with Gasteiger partial charge in [-0.3, -0.25) is 0 Å². The van der Waals surface area contributed by atoms with Crippen LogP contribution in [0.15, 0.2) is 42.5 Å². The number of hydrogen-bond donors (Lipinski definition) is 1. The van der Waals surface area contributed by atoms with Crippen molar-refractivity contribution in [1.29, 1.82) is 0 Å². The number of methoxy groups -OCH3 is 1. The number of benzene rings is 2. The molecule has 1 atom stereocenters. The van der Waals surface area contributed by atoms with Gasteiger partial charge in [0.2, 0.25) is 0 Å². The number of aliphatic hydroxyl groups excluding tert-OH is 1. The summed E-state index contributed by atoms with van der Waals surface area (Å²) in [5.74, 6) is 0.610. The van der Waals surface area contributed by atoms with Crippen molar-refractivity contribution in [2.45, 2.75) is 12.7 Å². The highest BCUT2D eigenvalue weighted by Gasteiger charge is 2.15. The quantitative estimate of drug-likeness (QED) is 0.905. The molecule has 0 heterocycles. The van der Waals surface area contributed by atoms with E-state index in [-0.39, 0.29) is 5.75 Å². The second-order valence-electron chi connectivity index (χ2n) is 4.24. The molecule has 1 unspecified atom stereocenters. The van der Waals surface area contributed by atoms with E-state index in [0.717, 1.165) is 0 Å². The summed E-state index contributed by atoms with van der Waals surface area (Å²) in [7, 11) is 1.52. The van der Waals surface area contributed by atoms with E-state index >= 15 is 0 Å². The van der Waals surface area contributed by atoms with Gasteiger partial charge in [-0.05, 0) is 29.8 Å². The molecule has 112 valence electrons. The highest BCUT2D eigenvalue weighted by Crippen LogP contribution is 2.31. The molecule has 0 spiro atoms. The second-order valence-corrected chi connectivity index (χ2v) is 4.64. The first-order chi connectivity index (χ1) is 10.0. The van der Waals surface area contributed by atoms with E-state index in [1.54, 1.807) is 18.2 Å². The molecule has 3 nitrogen and oxygen atoms in total. The molecular weight excluding hydrogens is 302 g/mol. The number of halogens is 3. The van der Waals surface area contributed by atoms with Crippen LogP contribution in [-0.4, -0.2) is 18.8 Å². The van der Waals surface area contributed by atoms with Crippen molar-refractivity contribution in [2.75, 3.05) is 7.11 Å². The molecule has 0 radical (unpaired) electrons. The van der Waals surface area contributed by atoms with Crippen molar-refractivity contribution in [3.63, 3.8) is 0 Å². The fourth-order valence-corrected chi connectivity index (χ4v) is 2.14. The fraction of sp³-hybridized carbons (Fsp3) is 0.200. The Morgan fingerprint density at radius 1 is 1.05 bits per heavy atom. The number of ether oxygens (including phenoxy) is 2. The van der Waals surface area contributed by atoms with Crippen molar-refractivity contribution in [3.05, 3.63) is 58.6 Å². The van der Waals surface area contributed by atoms with E-state index in [4.69, 9.17) is 16.3 Å². The molecule has 0 aliphatic carbocycles. The topological polar surface area (TPSA) is 38.7 Å². The second kappa shape index (κ2) is 6.74. The normalized spacial score (nSPS) is 12.3. The van der Waals surface area contributed by atoms with Crippen LogP contribution < -0.4 is 9.47 Å². The maximum atomic E-state index is 12.1. The van der Waals surface area contributed by atoms with Crippen molar-refractivity contribution in [2.24, 2.45) is 0 Å². The van der Waals surface area contributed by atoms with Crippen molar-refractivity contribution >= 4 is 11.6 Å². The Labute approximate surface area is 125 Å². The molecular formula is C15H13ClF2O3. The summed E-state index contributed by atoms with van der Waals surface area (Å²) in [5.41, 5.74) is 1.02. The zero-order chi connectivity index (χ0) is 15.4. The largest absolute Gasteiger partial charge is 0.497 e. The zero-order valence-corrected chi connectivity index (χ0v) is 11.8. The molecule has 0 aliphatic heterocycles. The SMILES string of the molecule is COc1ccc(C(O)c2ccc(OC(F)F)cc2)c(Cl)c1. The Hall–Kier alpha value is -1.85. The highest BCUT2D eigenvalue weighted by molar-refractivity contribution is 6.31. The molecule has 0 bridgehead atoms. The summed E-state index contributed by atoms with van der Waals surface area (Å²) in [5, 5.41) is 10.7. The minimum absolute atomic E-state index is 0.0294. The van der Waals surface area contributed by atoms with Crippen LogP contribution >= 0.6 is 11.6 Å². The summed E-state index contributed by atoms with van der Waals surface area (Å²) in [6.45, 7) is -2.88. The summed E-state index contributed by atoms with van der Waals surface area (Å²) in [6, 6.07) is 10.7. The average Bonchev–Trinajstić information content (AvgIpc) is 2.46. The third-order valence-electron chi connectivity index (χ3n) is 2.92. The minimum atomic E-state index is -2.88. The van der Waals surface area contributed by atoms with Crippen molar-refractivity contribution in [3.8, 4) is 11.5 Å². The van der Waals surface area contributed by atoms with Gasteiger partial charge in [-0.15, -0.1) is 0 Å². The van der Waals surface area contributed by atoms with Crippen LogP contribution in [0, 0.1) is 0 Å². The molecule has 2 rings (SSSR count). The van der Waals surface area contributed by atoms with Crippen LogP contribution in [0.1, 0.15) is 17.2 Å². The van der Waals surface area contributed by atoms with Crippen molar-refractivity contribution < 1.29 is 23.4 Å². The molecule has 2 aromatic carbocycles. The van der Waals surface area contributed by atoms with Gasteiger partial charge < -0.3 is 14.6 Å². The zero-order valence-electron chi connectivity index (χ0n) is 11.1. The van der Waals surface area contributed by atoms with Gasteiger partial charge >= 0.3 is 6.61 Å². The third kappa shape index (κ3) is 3.83. The summed E-state index contributed by atoms with van der Waals surface area (Å²) >= 11 is 6.09. The molecule has 0 saturated carbocycles. The molecule has 0 amide bonds. The fourth-order valence-electron chi connectivity index (χ4n) is 1.87. The van der Waals surface area contributed by atoms with E-state index in [1.165, 1.54) is 31.4 Å². The van der Waals surface area contributed by atoms with Gasteiger partial charge in [-0.25, -0.2) is 0 Å². The molecule has 0 saturated heterocycles. The maximum Gasteiger partial charge on any atom is 0.387 e. The van der Waals surface area contributed by atoms with Gasteiger partial charge in [0, 0.05) is 5.56 Å². The third-order valence-corrected chi connectivity index (χ3v) is 3.25. The maximum absolute atomic E-state index is 12.1. The Kier molecular flexibility index (Phi) is 4.98. The van der Waals surface area contributed by atoms with Crippen molar-refractivity contribution in [1.82, 2.24) is 0 Å². The van der Waals surface area contributed by atoms with Gasteiger partial charge in [-0.1, -0.05) is 29.8 Å². The van der Waals surface area contributed by atoms with Gasteiger partial charge in [0.1, 0.15) is 17.6 Å². The van der Waals surface area contributed by atoms with Crippen LogP contribution in [0.5, 0.6) is 11.5 Å². The Balaban J connectivity index is 2.21.